The first-order valence-corrected chi connectivity index (χ1v) is 18.8. The van der Waals surface area contributed by atoms with Gasteiger partial charge >= 0.3 is 11.9 Å². The number of hydrogen-bond donors (Lipinski definition) is 1. The van der Waals surface area contributed by atoms with E-state index in [1.165, 1.54) is 64.2 Å². The standard InChI is InChI=1S/C41H70O5/c1-3-5-7-9-11-13-14-15-16-17-18-19-20-21-22-23-24-25-26-28-30-32-34-36-41(44)46-39(37-42)38-45-40(43)35-33-31-29-27-12-10-8-6-4-2/h5,7,11,13,15-16,18-19,21-22,39,42H,3-4,6,8-10,12,14,17,20,23-38H2,1-2H3/b7-5-,13-11-,16-15-,19-18-,22-21-. The summed E-state index contributed by atoms with van der Waals surface area (Å²) in [6.45, 7) is 3.98. The van der Waals surface area contributed by atoms with E-state index >= 15 is 0 Å². The molecule has 0 amide bonds. The summed E-state index contributed by atoms with van der Waals surface area (Å²) in [6.07, 6.45) is 47.1. The Balaban J connectivity index is 3.60. The van der Waals surface area contributed by atoms with Crippen molar-refractivity contribution >= 4 is 11.9 Å². The maximum atomic E-state index is 12.1. The molecule has 0 spiro atoms. The molecule has 264 valence electrons. The molecule has 0 aromatic carbocycles. The maximum Gasteiger partial charge on any atom is 0.306 e. The smallest absolute Gasteiger partial charge is 0.306 e. The Hall–Kier alpha value is -2.40. The van der Waals surface area contributed by atoms with E-state index in [0.29, 0.717) is 12.8 Å². The first kappa shape index (κ1) is 43.6. The fourth-order valence-corrected chi connectivity index (χ4v) is 4.99. The van der Waals surface area contributed by atoms with Crippen LogP contribution in [0.3, 0.4) is 0 Å². The lowest BCUT2D eigenvalue weighted by Crippen LogP contribution is -2.28. The topological polar surface area (TPSA) is 72.8 Å². The van der Waals surface area contributed by atoms with Crippen molar-refractivity contribution < 1.29 is 24.2 Å². The first-order chi connectivity index (χ1) is 22.6. The lowest BCUT2D eigenvalue weighted by Gasteiger charge is -2.15. The molecule has 1 N–H and O–H groups in total. The third kappa shape index (κ3) is 34.5. The molecule has 5 nitrogen and oxygen atoms in total. The lowest BCUT2D eigenvalue weighted by molar-refractivity contribution is -0.161. The molecule has 46 heavy (non-hydrogen) atoms. The summed E-state index contributed by atoms with van der Waals surface area (Å²) >= 11 is 0. The van der Waals surface area contributed by atoms with Crippen molar-refractivity contribution in [3.8, 4) is 0 Å². The van der Waals surface area contributed by atoms with Gasteiger partial charge in [0.15, 0.2) is 6.10 Å². The van der Waals surface area contributed by atoms with Crippen molar-refractivity contribution in [1.82, 2.24) is 0 Å². The third-order valence-corrected chi connectivity index (χ3v) is 7.83. The number of hydrogen-bond acceptors (Lipinski definition) is 5. The highest BCUT2D eigenvalue weighted by molar-refractivity contribution is 5.70. The predicted octanol–water partition coefficient (Wildman–Crippen LogP) is 11.6. The fourth-order valence-electron chi connectivity index (χ4n) is 4.99. The molecule has 0 saturated heterocycles. The number of aliphatic hydroxyl groups is 1. The van der Waals surface area contributed by atoms with Crippen molar-refractivity contribution in [2.24, 2.45) is 0 Å². The average Bonchev–Trinajstić information content (AvgIpc) is 3.06. The molecule has 0 heterocycles. The summed E-state index contributed by atoms with van der Waals surface area (Å²) in [4.78, 5) is 24.1. The van der Waals surface area contributed by atoms with Gasteiger partial charge in [0, 0.05) is 12.8 Å². The molecule has 0 aromatic heterocycles. The second kappa shape index (κ2) is 37.1. The molecule has 0 saturated carbocycles. The van der Waals surface area contributed by atoms with E-state index < -0.39 is 6.10 Å². The van der Waals surface area contributed by atoms with Crippen LogP contribution in [0.15, 0.2) is 60.8 Å². The largest absolute Gasteiger partial charge is 0.462 e. The van der Waals surface area contributed by atoms with E-state index in [1.54, 1.807) is 0 Å². The average molecular weight is 643 g/mol. The van der Waals surface area contributed by atoms with Crippen molar-refractivity contribution in [2.45, 2.75) is 174 Å². The SMILES string of the molecule is CC/C=C\C/C=C\C/C=C\C/C=C\C/C=C\CCCCCCCCCC(=O)OC(CO)COC(=O)CCCCCCCCCCC. The van der Waals surface area contributed by atoms with Gasteiger partial charge in [0.1, 0.15) is 6.61 Å². The number of unbranched alkanes of at least 4 members (excludes halogenated alkanes) is 15. The Labute approximate surface area is 283 Å². The van der Waals surface area contributed by atoms with Crippen LogP contribution in [0.25, 0.3) is 0 Å². The quantitative estimate of drug-likeness (QED) is 0.0438. The normalized spacial score (nSPS) is 12.8. The Kier molecular flexibility index (Phi) is 35.1. The van der Waals surface area contributed by atoms with Gasteiger partial charge < -0.3 is 14.6 Å². The molecule has 1 atom stereocenters. The Morgan fingerprint density at radius 1 is 0.522 bits per heavy atom. The van der Waals surface area contributed by atoms with E-state index in [-0.39, 0.29) is 25.2 Å². The predicted molar refractivity (Wildman–Crippen MR) is 196 cm³/mol. The van der Waals surface area contributed by atoms with Crippen LogP contribution in [0.2, 0.25) is 0 Å². The van der Waals surface area contributed by atoms with Crippen LogP contribution in [0.4, 0.5) is 0 Å². The highest BCUT2D eigenvalue weighted by Crippen LogP contribution is 2.13. The van der Waals surface area contributed by atoms with Gasteiger partial charge in [0.25, 0.3) is 0 Å². The zero-order valence-corrected chi connectivity index (χ0v) is 29.8. The van der Waals surface area contributed by atoms with Gasteiger partial charge in [-0.2, -0.15) is 0 Å². The number of ether oxygens (including phenoxy) is 2. The molecule has 0 aliphatic heterocycles. The van der Waals surface area contributed by atoms with Crippen LogP contribution < -0.4 is 0 Å². The molecular weight excluding hydrogens is 572 g/mol. The summed E-state index contributed by atoms with van der Waals surface area (Å²) in [5, 5.41) is 9.51. The van der Waals surface area contributed by atoms with Gasteiger partial charge in [-0.3, -0.25) is 9.59 Å². The van der Waals surface area contributed by atoms with Gasteiger partial charge in [-0.05, 0) is 57.8 Å². The van der Waals surface area contributed by atoms with Crippen LogP contribution in [-0.4, -0.2) is 36.4 Å². The van der Waals surface area contributed by atoms with Crippen LogP contribution in [0.1, 0.15) is 168 Å². The number of allylic oxidation sites excluding steroid dienone is 10. The van der Waals surface area contributed by atoms with Crippen molar-refractivity contribution in [3.63, 3.8) is 0 Å². The number of esters is 2. The Bertz CT molecular complexity index is 823. The minimum atomic E-state index is -0.775. The zero-order chi connectivity index (χ0) is 33.6. The minimum Gasteiger partial charge on any atom is -0.462 e. The van der Waals surface area contributed by atoms with Gasteiger partial charge in [-0.15, -0.1) is 0 Å². The van der Waals surface area contributed by atoms with Crippen LogP contribution >= 0.6 is 0 Å². The highest BCUT2D eigenvalue weighted by atomic mass is 16.6. The molecule has 0 rings (SSSR count). The number of carbonyl (C=O) groups excluding carboxylic acids is 2. The van der Waals surface area contributed by atoms with E-state index in [9.17, 15) is 14.7 Å². The Morgan fingerprint density at radius 2 is 0.935 bits per heavy atom. The van der Waals surface area contributed by atoms with Gasteiger partial charge in [-0.1, -0.05) is 158 Å². The van der Waals surface area contributed by atoms with Crippen molar-refractivity contribution in [2.75, 3.05) is 13.2 Å². The fraction of sp³-hybridized carbons (Fsp3) is 0.707. The number of rotatable bonds is 33. The molecule has 1 unspecified atom stereocenters. The van der Waals surface area contributed by atoms with Crippen LogP contribution in [-0.2, 0) is 19.1 Å². The first-order valence-electron chi connectivity index (χ1n) is 18.8. The molecule has 0 aliphatic carbocycles. The molecular formula is C41H70O5. The minimum absolute atomic E-state index is 0.0713. The molecule has 0 bridgehead atoms. The lowest BCUT2D eigenvalue weighted by atomic mass is 10.1. The van der Waals surface area contributed by atoms with Gasteiger partial charge in [0.2, 0.25) is 0 Å². The summed E-state index contributed by atoms with van der Waals surface area (Å²) in [6, 6.07) is 0. The second-order valence-corrected chi connectivity index (χ2v) is 12.3. The summed E-state index contributed by atoms with van der Waals surface area (Å²) in [5.41, 5.74) is 0. The monoisotopic (exact) mass is 643 g/mol. The Morgan fingerprint density at radius 3 is 1.41 bits per heavy atom. The second-order valence-electron chi connectivity index (χ2n) is 12.3. The van der Waals surface area contributed by atoms with Gasteiger partial charge in [-0.25, -0.2) is 0 Å². The van der Waals surface area contributed by atoms with Crippen molar-refractivity contribution in [3.05, 3.63) is 60.8 Å². The van der Waals surface area contributed by atoms with Crippen molar-refractivity contribution in [1.29, 1.82) is 0 Å². The van der Waals surface area contributed by atoms with E-state index in [4.69, 9.17) is 9.47 Å². The van der Waals surface area contributed by atoms with Gasteiger partial charge in [0.05, 0.1) is 6.61 Å². The van der Waals surface area contributed by atoms with Crippen LogP contribution in [0, 0.1) is 0 Å². The van der Waals surface area contributed by atoms with E-state index in [2.05, 4.69) is 74.6 Å². The molecule has 0 aliphatic rings. The summed E-state index contributed by atoms with van der Waals surface area (Å²) in [7, 11) is 0. The summed E-state index contributed by atoms with van der Waals surface area (Å²) < 4.78 is 10.5. The number of aliphatic hydroxyl groups excluding tert-OH is 1. The molecule has 0 aromatic rings. The van der Waals surface area contributed by atoms with E-state index in [0.717, 1.165) is 77.0 Å². The third-order valence-electron chi connectivity index (χ3n) is 7.83. The highest BCUT2D eigenvalue weighted by Gasteiger charge is 2.16. The maximum absolute atomic E-state index is 12.1. The molecule has 0 fully saturated rings. The van der Waals surface area contributed by atoms with E-state index in [1.807, 2.05) is 0 Å². The molecule has 5 heteroatoms. The molecule has 0 radical (unpaired) electrons. The summed E-state index contributed by atoms with van der Waals surface area (Å²) in [5.74, 6) is -0.610. The zero-order valence-electron chi connectivity index (χ0n) is 29.8. The van der Waals surface area contributed by atoms with Crippen LogP contribution in [0.5, 0.6) is 0 Å². The number of carbonyl (C=O) groups is 2.